The number of benzene rings is 2. The SMILES string of the molecule is OC(c1ccccc1)c1ccc(-c2cccc(C(F)(F)F)c2)o1. The van der Waals surface area contributed by atoms with Crippen molar-refractivity contribution in [2.75, 3.05) is 0 Å². The van der Waals surface area contributed by atoms with E-state index in [1.165, 1.54) is 12.1 Å². The summed E-state index contributed by atoms with van der Waals surface area (Å²) in [7, 11) is 0. The minimum Gasteiger partial charge on any atom is -0.458 e. The molecule has 0 radical (unpaired) electrons. The Balaban J connectivity index is 1.91. The number of furan rings is 1. The third kappa shape index (κ3) is 3.29. The second-order valence-corrected chi connectivity index (χ2v) is 5.09. The molecular weight excluding hydrogens is 305 g/mol. The van der Waals surface area contributed by atoms with Gasteiger partial charge in [0, 0.05) is 5.56 Å². The van der Waals surface area contributed by atoms with E-state index in [1.807, 2.05) is 6.07 Å². The van der Waals surface area contributed by atoms with Gasteiger partial charge in [0.25, 0.3) is 0 Å². The maximum Gasteiger partial charge on any atom is 0.416 e. The molecule has 0 bridgehead atoms. The highest BCUT2D eigenvalue weighted by Gasteiger charge is 2.30. The molecule has 0 saturated heterocycles. The zero-order chi connectivity index (χ0) is 16.4. The van der Waals surface area contributed by atoms with Crippen LogP contribution >= 0.6 is 0 Å². The number of rotatable bonds is 3. The van der Waals surface area contributed by atoms with Crippen molar-refractivity contribution in [1.29, 1.82) is 0 Å². The number of halogens is 3. The molecule has 23 heavy (non-hydrogen) atoms. The van der Waals surface area contributed by atoms with Crippen LogP contribution in [0, 0.1) is 0 Å². The summed E-state index contributed by atoms with van der Waals surface area (Å²) in [4.78, 5) is 0. The zero-order valence-corrected chi connectivity index (χ0v) is 11.9. The van der Waals surface area contributed by atoms with E-state index in [4.69, 9.17) is 4.42 Å². The fourth-order valence-corrected chi connectivity index (χ4v) is 2.30. The van der Waals surface area contributed by atoms with Crippen molar-refractivity contribution < 1.29 is 22.7 Å². The van der Waals surface area contributed by atoms with Crippen molar-refractivity contribution in [3.8, 4) is 11.3 Å². The first-order valence-electron chi connectivity index (χ1n) is 6.95. The Kier molecular flexibility index (Phi) is 3.96. The first-order valence-corrected chi connectivity index (χ1v) is 6.95. The van der Waals surface area contributed by atoms with Crippen molar-refractivity contribution in [1.82, 2.24) is 0 Å². The highest BCUT2D eigenvalue weighted by Crippen LogP contribution is 2.34. The average molecular weight is 318 g/mol. The Morgan fingerprint density at radius 3 is 2.30 bits per heavy atom. The van der Waals surface area contributed by atoms with E-state index < -0.39 is 17.8 Å². The van der Waals surface area contributed by atoms with Gasteiger partial charge in [-0.05, 0) is 29.8 Å². The van der Waals surface area contributed by atoms with E-state index in [0.717, 1.165) is 12.1 Å². The molecule has 3 aromatic rings. The van der Waals surface area contributed by atoms with Gasteiger partial charge < -0.3 is 9.52 Å². The molecule has 2 nitrogen and oxygen atoms in total. The van der Waals surface area contributed by atoms with Gasteiger partial charge in [0.1, 0.15) is 17.6 Å². The Hall–Kier alpha value is -2.53. The molecule has 0 amide bonds. The maximum atomic E-state index is 12.8. The lowest BCUT2D eigenvalue weighted by molar-refractivity contribution is -0.137. The van der Waals surface area contributed by atoms with Crippen LogP contribution in [0.3, 0.4) is 0 Å². The molecule has 0 aliphatic carbocycles. The molecule has 1 N–H and O–H groups in total. The molecule has 3 rings (SSSR count). The molecule has 0 aliphatic rings. The van der Waals surface area contributed by atoms with Crippen LogP contribution in [-0.2, 0) is 6.18 Å². The van der Waals surface area contributed by atoms with Crippen LogP contribution in [-0.4, -0.2) is 5.11 Å². The van der Waals surface area contributed by atoms with Gasteiger partial charge in [-0.25, -0.2) is 0 Å². The Bertz CT molecular complexity index is 791. The number of aliphatic hydroxyl groups is 1. The largest absolute Gasteiger partial charge is 0.458 e. The summed E-state index contributed by atoms with van der Waals surface area (Å²) in [6, 6.07) is 16.9. The smallest absolute Gasteiger partial charge is 0.416 e. The lowest BCUT2D eigenvalue weighted by Crippen LogP contribution is -2.04. The number of aliphatic hydroxyl groups excluding tert-OH is 1. The summed E-state index contributed by atoms with van der Waals surface area (Å²) in [5.41, 5.74) is 0.223. The van der Waals surface area contributed by atoms with E-state index in [9.17, 15) is 18.3 Å². The van der Waals surface area contributed by atoms with Crippen LogP contribution in [0.5, 0.6) is 0 Å². The van der Waals surface area contributed by atoms with Crippen LogP contribution in [0.1, 0.15) is 23.0 Å². The number of hydrogen-bond donors (Lipinski definition) is 1. The second-order valence-electron chi connectivity index (χ2n) is 5.09. The van der Waals surface area contributed by atoms with Gasteiger partial charge in [0.05, 0.1) is 5.56 Å². The molecule has 118 valence electrons. The van der Waals surface area contributed by atoms with Crippen LogP contribution in [0.25, 0.3) is 11.3 Å². The third-order valence-corrected chi connectivity index (χ3v) is 3.49. The van der Waals surface area contributed by atoms with Crippen molar-refractivity contribution in [3.05, 3.63) is 83.6 Å². The fraction of sp³-hybridized carbons (Fsp3) is 0.111. The fourth-order valence-electron chi connectivity index (χ4n) is 2.30. The van der Waals surface area contributed by atoms with Crippen LogP contribution in [0.4, 0.5) is 13.2 Å². The number of alkyl halides is 3. The summed E-state index contributed by atoms with van der Waals surface area (Å²) in [6.45, 7) is 0. The second kappa shape index (κ2) is 5.93. The predicted octanol–water partition coefficient (Wildman–Crippen LogP) is 5.05. The molecule has 0 fully saturated rings. The van der Waals surface area contributed by atoms with E-state index in [-0.39, 0.29) is 11.5 Å². The van der Waals surface area contributed by atoms with Crippen LogP contribution in [0.2, 0.25) is 0 Å². The average Bonchev–Trinajstić information content (AvgIpc) is 3.04. The molecule has 1 atom stereocenters. The van der Waals surface area contributed by atoms with Crippen molar-refractivity contribution >= 4 is 0 Å². The number of hydrogen-bond acceptors (Lipinski definition) is 2. The van der Waals surface area contributed by atoms with Gasteiger partial charge in [-0.1, -0.05) is 42.5 Å². The molecule has 1 aromatic heterocycles. The molecule has 0 spiro atoms. The topological polar surface area (TPSA) is 33.4 Å². The quantitative estimate of drug-likeness (QED) is 0.733. The summed E-state index contributed by atoms with van der Waals surface area (Å²) in [5.74, 6) is 0.560. The Morgan fingerprint density at radius 1 is 0.870 bits per heavy atom. The molecule has 0 aliphatic heterocycles. The maximum absolute atomic E-state index is 12.8. The van der Waals surface area contributed by atoms with E-state index in [2.05, 4.69) is 0 Å². The van der Waals surface area contributed by atoms with E-state index in [0.29, 0.717) is 11.1 Å². The van der Waals surface area contributed by atoms with E-state index in [1.54, 1.807) is 36.4 Å². The standard InChI is InChI=1S/C18H13F3O2/c19-18(20,21)14-8-4-7-13(11-14)15-9-10-16(23-15)17(22)12-5-2-1-3-6-12/h1-11,17,22H. The first-order chi connectivity index (χ1) is 10.9. The van der Waals surface area contributed by atoms with Gasteiger partial charge in [-0.2, -0.15) is 13.2 Å². The lowest BCUT2D eigenvalue weighted by atomic mass is 10.1. The van der Waals surface area contributed by atoms with Crippen molar-refractivity contribution in [2.45, 2.75) is 12.3 Å². The van der Waals surface area contributed by atoms with Crippen LogP contribution < -0.4 is 0 Å². The summed E-state index contributed by atoms with van der Waals surface area (Å²) >= 11 is 0. The molecule has 0 saturated carbocycles. The first kappa shape index (κ1) is 15.4. The minimum absolute atomic E-state index is 0.279. The zero-order valence-electron chi connectivity index (χ0n) is 11.9. The Morgan fingerprint density at radius 2 is 1.61 bits per heavy atom. The highest BCUT2D eigenvalue weighted by molar-refractivity contribution is 5.59. The monoisotopic (exact) mass is 318 g/mol. The molecular formula is C18H13F3O2. The third-order valence-electron chi connectivity index (χ3n) is 3.49. The summed E-state index contributed by atoms with van der Waals surface area (Å²) < 4.78 is 43.8. The Labute approximate surface area is 130 Å². The normalized spacial score (nSPS) is 13.0. The van der Waals surface area contributed by atoms with Gasteiger partial charge in [0.15, 0.2) is 0 Å². The minimum atomic E-state index is -4.41. The molecule has 2 aromatic carbocycles. The summed E-state index contributed by atoms with van der Waals surface area (Å²) in [5, 5.41) is 10.3. The molecule has 1 heterocycles. The summed E-state index contributed by atoms with van der Waals surface area (Å²) in [6.07, 6.45) is -5.37. The van der Waals surface area contributed by atoms with Crippen LogP contribution in [0.15, 0.2) is 71.1 Å². The predicted molar refractivity (Wildman–Crippen MR) is 79.6 cm³/mol. The van der Waals surface area contributed by atoms with Gasteiger partial charge in [0.2, 0.25) is 0 Å². The van der Waals surface area contributed by atoms with Gasteiger partial charge in [-0.3, -0.25) is 0 Å². The van der Waals surface area contributed by atoms with Crippen molar-refractivity contribution in [3.63, 3.8) is 0 Å². The molecule has 1 unspecified atom stereocenters. The highest BCUT2D eigenvalue weighted by atomic mass is 19.4. The van der Waals surface area contributed by atoms with Crippen molar-refractivity contribution in [2.24, 2.45) is 0 Å². The van der Waals surface area contributed by atoms with E-state index >= 15 is 0 Å². The lowest BCUT2D eigenvalue weighted by Gasteiger charge is -2.09. The van der Waals surface area contributed by atoms with Gasteiger partial charge >= 0.3 is 6.18 Å². The van der Waals surface area contributed by atoms with Gasteiger partial charge in [-0.15, -0.1) is 0 Å². The molecule has 5 heteroatoms.